The van der Waals surface area contributed by atoms with E-state index in [1.165, 1.54) is 18.0 Å². The van der Waals surface area contributed by atoms with E-state index in [1.54, 1.807) is 13.2 Å². The largest absolute Gasteiger partial charge is 0.496 e. The Morgan fingerprint density at radius 3 is 2.57 bits per heavy atom. The van der Waals surface area contributed by atoms with Crippen molar-refractivity contribution in [2.75, 3.05) is 12.9 Å². The number of hydrazone groups is 1. The summed E-state index contributed by atoms with van der Waals surface area (Å²) in [5, 5.41) is 13.3. The van der Waals surface area contributed by atoms with E-state index in [1.807, 2.05) is 89.5 Å². The molecule has 4 rings (SSSR count). The highest BCUT2D eigenvalue weighted by molar-refractivity contribution is 9.10. The number of allylic oxidation sites excluding steroid dienone is 1. The van der Waals surface area contributed by atoms with Crippen LogP contribution in [0.2, 0.25) is 0 Å². The normalized spacial score (nSPS) is 11.3. The third-order valence-electron chi connectivity index (χ3n) is 4.85. The molecule has 1 amide bonds. The fraction of sp³-hybridized carbons (Fsp3) is 0.0769. The highest BCUT2D eigenvalue weighted by Gasteiger charge is 2.17. The molecule has 0 aliphatic rings. The van der Waals surface area contributed by atoms with E-state index >= 15 is 0 Å². The van der Waals surface area contributed by atoms with Gasteiger partial charge in [-0.15, -0.1) is 10.2 Å². The number of carbonyl (C=O) groups is 1. The number of rotatable bonds is 9. The Bertz CT molecular complexity index is 1340. The SMILES string of the molecule is COc1ccccc1C=CC=NNC(=O)CSc1nnc(-c2ccc(Br)cc2)n1-c1ccccc1. The number of carbonyl (C=O) groups excluding carboxylic acids is 1. The molecule has 0 radical (unpaired) electrons. The topological polar surface area (TPSA) is 81.4 Å². The lowest BCUT2D eigenvalue weighted by molar-refractivity contribution is -0.118. The molecule has 0 unspecified atom stereocenters. The number of methoxy groups -OCH3 is 1. The molecule has 0 spiro atoms. The summed E-state index contributed by atoms with van der Waals surface area (Å²) in [6.45, 7) is 0. The van der Waals surface area contributed by atoms with E-state index in [-0.39, 0.29) is 11.7 Å². The van der Waals surface area contributed by atoms with Gasteiger partial charge in [-0.1, -0.05) is 76.2 Å². The number of amides is 1. The predicted molar refractivity (Wildman–Crippen MR) is 144 cm³/mol. The number of hydrogen-bond acceptors (Lipinski definition) is 6. The van der Waals surface area contributed by atoms with Gasteiger partial charge in [0, 0.05) is 27.5 Å². The van der Waals surface area contributed by atoms with Crippen LogP contribution in [-0.4, -0.2) is 39.7 Å². The minimum Gasteiger partial charge on any atom is -0.496 e. The smallest absolute Gasteiger partial charge is 0.250 e. The Morgan fingerprint density at radius 1 is 1.06 bits per heavy atom. The van der Waals surface area contributed by atoms with Crippen LogP contribution in [0.15, 0.2) is 99.7 Å². The van der Waals surface area contributed by atoms with Gasteiger partial charge >= 0.3 is 0 Å². The lowest BCUT2D eigenvalue weighted by Gasteiger charge is -2.10. The molecule has 0 aliphatic carbocycles. The monoisotopic (exact) mass is 547 g/mol. The van der Waals surface area contributed by atoms with Gasteiger partial charge in [-0.25, -0.2) is 5.43 Å². The van der Waals surface area contributed by atoms with E-state index in [0.29, 0.717) is 11.0 Å². The van der Waals surface area contributed by atoms with Gasteiger partial charge in [-0.05, 0) is 42.5 Å². The lowest BCUT2D eigenvalue weighted by atomic mass is 10.2. The van der Waals surface area contributed by atoms with Gasteiger partial charge in [0.15, 0.2) is 11.0 Å². The maximum Gasteiger partial charge on any atom is 0.250 e. The fourth-order valence-electron chi connectivity index (χ4n) is 3.22. The Balaban J connectivity index is 1.42. The second-order valence-electron chi connectivity index (χ2n) is 7.19. The van der Waals surface area contributed by atoms with Gasteiger partial charge < -0.3 is 4.74 Å². The van der Waals surface area contributed by atoms with E-state index in [0.717, 1.165) is 27.0 Å². The van der Waals surface area contributed by atoms with Crippen molar-refractivity contribution in [1.29, 1.82) is 0 Å². The number of thioether (sulfide) groups is 1. The zero-order valence-corrected chi connectivity index (χ0v) is 21.2. The zero-order chi connectivity index (χ0) is 24.5. The molecule has 7 nitrogen and oxygen atoms in total. The van der Waals surface area contributed by atoms with Crippen LogP contribution < -0.4 is 10.2 Å². The number of para-hydroxylation sites is 2. The Hall–Kier alpha value is -3.69. The molecule has 0 saturated heterocycles. The van der Waals surface area contributed by atoms with Crippen molar-refractivity contribution in [2.45, 2.75) is 5.16 Å². The summed E-state index contributed by atoms with van der Waals surface area (Å²) in [6, 6.07) is 25.3. The Labute approximate surface area is 216 Å². The van der Waals surface area contributed by atoms with Crippen LogP contribution in [0.25, 0.3) is 23.2 Å². The van der Waals surface area contributed by atoms with Crippen LogP contribution in [0.1, 0.15) is 5.56 Å². The molecule has 1 N–H and O–H groups in total. The number of ether oxygens (including phenoxy) is 1. The van der Waals surface area contributed by atoms with E-state index < -0.39 is 0 Å². The van der Waals surface area contributed by atoms with Crippen LogP contribution in [0.4, 0.5) is 0 Å². The van der Waals surface area contributed by atoms with Gasteiger partial charge in [0.1, 0.15) is 5.75 Å². The summed E-state index contributed by atoms with van der Waals surface area (Å²) < 4.78 is 8.24. The van der Waals surface area contributed by atoms with Crippen molar-refractivity contribution in [3.8, 4) is 22.8 Å². The summed E-state index contributed by atoms with van der Waals surface area (Å²) in [4.78, 5) is 12.4. The van der Waals surface area contributed by atoms with Crippen LogP contribution >= 0.6 is 27.7 Å². The van der Waals surface area contributed by atoms with E-state index in [2.05, 4.69) is 36.7 Å². The lowest BCUT2D eigenvalue weighted by Crippen LogP contribution is -2.19. The molecule has 3 aromatic carbocycles. The predicted octanol–water partition coefficient (Wildman–Crippen LogP) is 5.61. The second-order valence-corrected chi connectivity index (χ2v) is 9.05. The summed E-state index contributed by atoms with van der Waals surface area (Å²) in [5.74, 6) is 1.36. The van der Waals surface area contributed by atoms with Crippen LogP contribution in [0.5, 0.6) is 5.75 Å². The molecule has 4 aromatic rings. The number of nitrogens with zero attached hydrogens (tertiary/aromatic N) is 4. The first-order valence-corrected chi connectivity index (χ1v) is 12.4. The molecule has 0 fully saturated rings. The molecule has 0 aliphatic heterocycles. The van der Waals surface area contributed by atoms with Gasteiger partial charge in [-0.3, -0.25) is 9.36 Å². The van der Waals surface area contributed by atoms with Crippen LogP contribution in [-0.2, 0) is 4.79 Å². The third kappa shape index (κ3) is 6.46. The molecule has 1 aromatic heterocycles. The second kappa shape index (κ2) is 12.1. The minimum absolute atomic E-state index is 0.138. The standard InChI is InChI=1S/C26H22BrN5O2S/c1-34-23-12-6-5-8-19(23)9-7-17-28-29-24(33)18-35-26-31-30-25(20-13-15-21(27)16-14-20)32(26)22-10-3-2-4-11-22/h2-17H,18H2,1H3,(H,29,33). The fourth-order valence-corrected chi connectivity index (χ4v) is 4.23. The van der Waals surface area contributed by atoms with Crippen molar-refractivity contribution in [2.24, 2.45) is 5.10 Å². The van der Waals surface area contributed by atoms with E-state index in [9.17, 15) is 4.79 Å². The highest BCUT2D eigenvalue weighted by atomic mass is 79.9. The molecule has 9 heteroatoms. The molecular weight excluding hydrogens is 526 g/mol. The number of aromatic nitrogens is 3. The van der Waals surface area contributed by atoms with E-state index in [4.69, 9.17) is 4.74 Å². The van der Waals surface area contributed by atoms with Crippen molar-refractivity contribution in [3.63, 3.8) is 0 Å². The van der Waals surface area contributed by atoms with Crippen LogP contribution in [0, 0.1) is 0 Å². The maximum atomic E-state index is 12.4. The van der Waals surface area contributed by atoms with Crippen molar-refractivity contribution < 1.29 is 9.53 Å². The maximum absolute atomic E-state index is 12.4. The van der Waals surface area contributed by atoms with Gasteiger partial charge in [-0.2, -0.15) is 5.10 Å². The molecular formula is C26H22BrN5O2S. The van der Waals surface area contributed by atoms with Crippen molar-refractivity contribution in [1.82, 2.24) is 20.2 Å². The average Bonchev–Trinajstić information content (AvgIpc) is 3.32. The number of halogens is 1. The van der Waals surface area contributed by atoms with Crippen molar-refractivity contribution >= 4 is 45.9 Å². The average molecular weight is 548 g/mol. The highest BCUT2D eigenvalue weighted by Crippen LogP contribution is 2.28. The van der Waals surface area contributed by atoms with Gasteiger partial charge in [0.25, 0.3) is 5.91 Å². The minimum atomic E-state index is -0.246. The first-order valence-electron chi connectivity index (χ1n) is 10.7. The summed E-state index contributed by atoms with van der Waals surface area (Å²) in [5.41, 5.74) is 5.30. The summed E-state index contributed by atoms with van der Waals surface area (Å²) in [6.07, 6.45) is 5.12. The molecule has 35 heavy (non-hydrogen) atoms. The zero-order valence-electron chi connectivity index (χ0n) is 18.8. The number of benzene rings is 3. The van der Waals surface area contributed by atoms with Crippen molar-refractivity contribution in [3.05, 3.63) is 95.0 Å². The van der Waals surface area contributed by atoms with Crippen LogP contribution in [0.3, 0.4) is 0 Å². The Kier molecular flexibility index (Phi) is 8.48. The summed E-state index contributed by atoms with van der Waals surface area (Å²) >= 11 is 4.76. The number of hydrogen-bond donors (Lipinski definition) is 1. The molecule has 0 bridgehead atoms. The third-order valence-corrected chi connectivity index (χ3v) is 6.30. The summed E-state index contributed by atoms with van der Waals surface area (Å²) in [7, 11) is 1.62. The molecule has 176 valence electrons. The Morgan fingerprint density at radius 2 is 1.80 bits per heavy atom. The quantitative estimate of drug-likeness (QED) is 0.167. The number of nitrogens with one attached hydrogen (secondary N) is 1. The van der Waals surface area contributed by atoms with Gasteiger partial charge in [0.05, 0.1) is 12.9 Å². The van der Waals surface area contributed by atoms with Gasteiger partial charge in [0.2, 0.25) is 0 Å². The molecule has 0 saturated carbocycles. The molecule has 1 heterocycles. The molecule has 0 atom stereocenters. The first kappa shape index (κ1) is 24.4. The first-order chi connectivity index (χ1) is 17.2.